The van der Waals surface area contributed by atoms with Gasteiger partial charge in [-0.15, -0.1) is 0 Å². The van der Waals surface area contributed by atoms with Crippen LogP contribution in [0.4, 0.5) is 5.69 Å². The number of rotatable bonds is 4. The van der Waals surface area contributed by atoms with E-state index in [4.69, 9.17) is 0 Å². The second-order valence-electron chi connectivity index (χ2n) is 4.43. The van der Waals surface area contributed by atoms with Gasteiger partial charge in [0.1, 0.15) is 0 Å². The lowest BCUT2D eigenvalue weighted by atomic mass is 10.2. The van der Waals surface area contributed by atoms with Crippen molar-refractivity contribution in [3.63, 3.8) is 0 Å². The van der Waals surface area contributed by atoms with Gasteiger partial charge in [0.05, 0.1) is 0 Å². The van der Waals surface area contributed by atoms with E-state index in [9.17, 15) is 4.57 Å². The molecule has 2 aliphatic rings. The lowest BCUT2D eigenvalue weighted by molar-refractivity contribution is 0.524. The summed E-state index contributed by atoms with van der Waals surface area (Å²) >= 11 is 0. The van der Waals surface area contributed by atoms with Crippen LogP contribution in [0, 0.1) is 6.92 Å². The maximum atomic E-state index is 12.7. The molecule has 0 unspecified atom stereocenters. The number of anilines is 1. The highest BCUT2D eigenvalue weighted by Crippen LogP contribution is 2.59. The maximum Gasteiger partial charge on any atom is 0.308 e. The number of benzene rings is 1. The third kappa shape index (κ3) is 1.88. The minimum atomic E-state index is -2.46. The fourth-order valence-corrected chi connectivity index (χ4v) is 4.14. The predicted molar refractivity (Wildman–Crippen MR) is 65.6 cm³/mol. The fraction of sp³-hybridized carbons (Fsp3) is 0.455. The summed E-state index contributed by atoms with van der Waals surface area (Å²) in [6, 6.07) is 8.07. The zero-order valence-corrected chi connectivity index (χ0v) is 10.3. The molecule has 2 saturated heterocycles. The molecule has 2 aliphatic heterocycles. The van der Waals surface area contributed by atoms with Crippen molar-refractivity contribution in [2.45, 2.75) is 6.92 Å². The molecule has 5 heteroatoms. The largest absolute Gasteiger partial charge is 0.313 e. The van der Waals surface area contributed by atoms with E-state index in [0.717, 1.165) is 31.9 Å². The molecule has 0 atom stereocenters. The molecule has 0 spiro atoms. The highest BCUT2D eigenvalue weighted by Gasteiger charge is 2.47. The number of nitrogens with one attached hydrogen (secondary N) is 1. The topological polar surface area (TPSA) is 35.1 Å². The van der Waals surface area contributed by atoms with Crippen molar-refractivity contribution in [1.82, 2.24) is 9.34 Å². The lowest BCUT2D eigenvalue weighted by Crippen LogP contribution is -2.12. The third-order valence-electron chi connectivity index (χ3n) is 2.94. The molecule has 0 aromatic heterocycles. The summed E-state index contributed by atoms with van der Waals surface area (Å²) in [5, 5.41) is 3.21. The summed E-state index contributed by atoms with van der Waals surface area (Å²) < 4.78 is 16.8. The molecule has 0 bridgehead atoms. The number of hydrogen-bond acceptors (Lipinski definition) is 1. The van der Waals surface area contributed by atoms with Crippen LogP contribution in [0.25, 0.3) is 0 Å². The average Bonchev–Trinajstić information content (AvgIpc) is 3.14. The first-order chi connectivity index (χ1) is 7.68. The average molecular weight is 237 g/mol. The Kier molecular flexibility index (Phi) is 2.32. The number of nitrogens with zero attached hydrogens (tertiary/aromatic N) is 2. The van der Waals surface area contributed by atoms with E-state index in [1.54, 1.807) is 0 Å². The Morgan fingerprint density at radius 3 is 2.00 bits per heavy atom. The van der Waals surface area contributed by atoms with Gasteiger partial charge >= 0.3 is 7.59 Å². The summed E-state index contributed by atoms with van der Waals surface area (Å²) in [7, 11) is -2.46. The predicted octanol–water partition coefficient (Wildman–Crippen LogP) is 2.15. The van der Waals surface area contributed by atoms with Crippen molar-refractivity contribution >= 4 is 13.3 Å². The lowest BCUT2D eigenvalue weighted by Gasteiger charge is -2.22. The highest BCUT2D eigenvalue weighted by atomic mass is 31.2. The summed E-state index contributed by atoms with van der Waals surface area (Å²) in [6.45, 7) is 5.86. The molecule has 1 aromatic rings. The molecular formula is C11H16N3OP. The molecule has 2 heterocycles. The molecule has 0 aliphatic carbocycles. The van der Waals surface area contributed by atoms with Gasteiger partial charge in [-0.2, -0.15) is 0 Å². The minimum Gasteiger partial charge on any atom is -0.313 e. The van der Waals surface area contributed by atoms with Gasteiger partial charge in [0.15, 0.2) is 0 Å². The quantitative estimate of drug-likeness (QED) is 0.643. The Morgan fingerprint density at radius 1 is 1.06 bits per heavy atom. The second kappa shape index (κ2) is 3.59. The van der Waals surface area contributed by atoms with Crippen molar-refractivity contribution in [2.75, 3.05) is 31.3 Å². The van der Waals surface area contributed by atoms with Crippen molar-refractivity contribution < 1.29 is 4.57 Å². The standard InChI is InChI=1S/C11H16N3OP/c1-10-2-4-11(5-3-10)12-16(15,13-6-7-13)14-8-9-14/h2-5H,6-9H2,1H3,(H,12,15). The van der Waals surface area contributed by atoms with Gasteiger partial charge in [-0.25, -0.2) is 9.34 Å². The van der Waals surface area contributed by atoms with E-state index in [1.165, 1.54) is 5.56 Å². The van der Waals surface area contributed by atoms with E-state index >= 15 is 0 Å². The first kappa shape index (κ1) is 10.3. The van der Waals surface area contributed by atoms with E-state index in [-0.39, 0.29) is 0 Å². The Hall–Kier alpha value is -0.830. The molecule has 0 radical (unpaired) electrons. The number of aryl methyl sites for hydroxylation is 1. The zero-order chi connectivity index (χ0) is 11.2. The van der Waals surface area contributed by atoms with Crippen LogP contribution in [-0.2, 0) is 4.57 Å². The van der Waals surface area contributed by atoms with Gasteiger partial charge in [-0.05, 0) is 19.1 Å². The van der Waals surface area contributed by atoms with Crippen LogP contribution in [0.3, 0.4) is 0 Å². The van der Waals surface area contributed by atoms with Crippen LogP contribution < -0.4 is 5.09 Å². The van der Waals surface area contributed by atoms with Crippen molar-refractivity contribution in [2.24, 2.45) is 0 Å². The smallest absolute Gasteiger partial charge is 0.308 e. The summed E-state index contributed by atoms with van der Waals surface area (Å²) in [6.07, 6.45) is 0. The highest BCUT2D eigenvalue weighted by molar-refractivity contribution is 7.61. The Bertz CT molecular complexity index is 421. The number of hydrogen-bond donors (Lipinski definition) is 1. The molecule has 0 saturated carbocycles. The molecule has 86 valence electrons. The fourth-order valence-electron chi connectivity index (χ4n) is 1.75. The van der Waals surface area contributed by atoms with Gasteiger partial charge in [0.25, 0.3) is 0 Å². The zero-order valence-electron chi connectivity index (χ0n) is 9.39. The van der Waals surface area contributed by atoms with Gasteiger partial charge < -0.3 is 5.09 Å². The molecule has 16 heavy (non-hydrogen) atoms. The van der Waals surface area contributed by atoms with Gasteiger partial charge in [0.2, 0.25) is 0 Å². The van der Waals surface area contributed by atoms with E-state index < -0.39 is 7.59 Å². The molecule has 4 nitrogen and oxygen atoms in total. The molecule has 1 aromatic carbocycles. The van der Waals surface area contributed by atoms with E-state index in [0.29, 0.717) is 0 Å². The van der Waals surface area contributed by atoms with Crippen LogP contribution in [0.5, 0.6) is 0 Å². The van der Waals surface area contributed by atoms with Crippen LogP contribution in [0.1, 0.15) is 5.56 Å². The van der Waals surface area contributed by atoms with Crippen molar-refractivity contribution in [1.29, 1.82) is 0 Å². The minimum absolute atomic E-state index is 0.951. The molecule has 3 rings (SSSR count). The Labute approximate surface area is 95.8 Å². The van der Waals surface area contributed by atoms with Gasteiger partial charge in [0, 0.05) is 31.9 Å². The Balaban J connectivity index is 1.81. The van der Waals surface area contributed by atoms with E-state index in [2.05, 4.69) is 12.0 Å². The van der Waals surface area contributed by atoms with Gasteiger partial charge in [-0.3, -0.25) is 4.57 Å². The van der Waals surface area contributed by atoms with Crippen molar-refractivity contribution in [3.8, 4) is 0 Å². The monoisotopic (exact) mass is 237 g/mol. The van der Waals surface area contributed by atoms with Crippen LogP contribution in [0.15, 0.2) is 24.3 Å². The summed E-state index contributed by atoms with van der Waals surface area (Å²) in [5.41, 5.74) is 2.17. The van der Waals surface area contributed by atoms with E-state index in [1.807, 2.05) is 33.6 Å². The molecule has 2 fully saturated rings. The molecule has 1 N–H and O–H groups in total. The summed E-state index contributed by atoms with van der Waals surface area (Å²) in [4.78, 5) is 0. The first-order valence-corrected chi connectivity index (χ1v) is 7.25. The molecule has 0 amide bonds. The Morgan fingerprint density at radius 2 is 1.56 bits per heavy atom. The first-order valence-electron chi connectivity index (χ1n) is 5.64. The van der Waals surface area contributed by atoms with Crippen molar-refractivity contribution in [3.05, 3.63) is 29.8 Å². The normalized spacial score (nSPS) is 20.8. The van der Waals surface area contributed by atoms with Crippen LogP contribution in [-0.4, -0.2) is 35.5 Å². The van der Waals surface area contributed by atoms with Crippen LogP contribution in [0.2, 0.25) is 0 Å². The van der Waals surface area contributed by atoms with Gasteiger partial charge in [-0.1, -0.05) is 17.7 Å². The molecular weight excluding hydrogens is 221 g/mol. The SMILES string of the molecule is Cc1ccc(NP(=O)(N2CC2)N2CC2)cc1. The maximum absolute atomic E-state index is 12.7. The van der Waals surface area contributed by atoms with Crippen LogP contribution >= 0.6 is 7.59 Å². The second-order valence-corrected chi connectivity index (χ2v) is 6.87. The third-order valence-corrected chi connectivity index (χ3v) is 5.82. The summed E-state index contributed by atoms with van der Waals surface area (Å²) in [5.74, 6) is 0.